The van der Waals surface area contributed by atoms with Gasteiger partial charge in [-0.3, -0.25) is 9.78 Å². The number of hydrogen-bond acceptors (Lipinski definition) is 7. The Bertz CT molecular complexity index is 1530. The van der Waals surface area contributed by atoms with Crippen LogP contribution in [0.2, 0.25) is 0 Å². The molecule has 1 amide bonds. The molecule has 39 heavy (non-hydrogen) atoms. The number of sulfonamides is 1. The maximum Gasteiger partial charge on any atom is 0.264 e. The molecule has 0 saturated carbocycles. The second kappa shape index (κ2) is 11.8. The van der Waals surface area contributed by atoms with Gasteiger partial charge in [0.15, 0.2) is 0 Å². The van der Waals surface area contributed by atoms with Crippen LogP contribution >= 0.6 is 0 Å². The van der Waals surface area contributed by atoms with Crippen molar-refractivity contribution in [1.82, 2.24) is 15.0 Å². The molecule has 200 valence electrons. The number of amides is 1. The number of benzene rings is 3. The topological polar surface area (TPSA) is 118 Å². The number of carbonyl (C=O) groups excluding carboxylic acids is 1. The van der Waals surface area contributed by atoms with Crippen LogP contribution in [0.15, 0.2) is 102 Å². The van der Waals surface area contributed by atoms with Crippen LogP contribution in [0.1, 0.15) is 34.0 Å². The molecule has 0 radical (unpaired) electrons. The van der Waals surface area contributed by atoms with Crippen LogP contribution in [0.25, 0.3) is 11.1 Å². The molecule has 3 aromatic carbocycles. The number of ether oxygens (including phenoxy) is 1. The molecule has 4 aromatic rings. The lowest BCUT2D eigenvalue weighted by Crippen LogP contribution is -2.36. The van der Waals surface area contributed by atoms with Gasteiger partial charge in [0.05, 0.1) is 11.0 Å². The largest absolute Gasteiger partial charge is 0.489 e. The highest BCUT2D eigenvalue weighted by molar-refractivity contribution is 7.90. The minimum absolute atomic E-state index is 0.0000323. The molecule has 1 aromatic heterocycles. The van der Waals surface area contributed by atoms with Gasteiger partial charge in [0.1, 0.15) is 11.9 Å². The lowest BCUT2D eigenvalue weighted by atomic mass is 9.97. The first-order chi connectivity index (χ1) is 18.9. The Morgan fingerprint density at radius 2 is 1.77 bits per heavy atom. The molecule has 9 heteroatoms. The molecular formula is C30H29N3O5S. The molecular weight excluding hydrogens is 514 g/mol. The lowest BCUT2D eigenvalue weighted by Gasteiger charge is -2.27. The van der Waals surface area contributed by atoms with E-state index in [-0.39, 0.29) is 16.6 Å². The zero-order valence-corrected chi connectivity index (χ0v) is 22.0. The van der Waals surface area contributed by atoms with E-state index < -0.39 is 22.0 Å². The van der Waals surface area contributed by atoms with Crippen molar-refractivity contribution in [1.29, 1.82) is 0 Å². The van der Waals surface area contributed by atoms with Crippen LogP contribution in [-0.2, 0) is 16.4 Å². The zero-order valence-electron chi connectivity index (χ0n) is 21.2. The number of aromatic nitrogens is 1. The average molecular weight is 544 g/mol. The number of hydrogen-bond donors (Lipinski definition) is 3. The van der Waals surface area contributed by atoms with E-state index >= 15 is 0 Å². The van der Waals surface area contributed by atoms with Crippen molar-refractivity contribution >= 4 is 15.9 Å². The van der Waals surface area contributed by atoms with Crippen LogP contribution in [0.5, 0.6) is 5.75 Å². The number of aliphatic hydroxyl groups is 1. The molecule has 1 aliphatic rings. The fourth-order valence-corrected chi connectivity index (χ4v) is 5.47. The molecule has 3 N–H and O–H groups in total. The molecule has 0 bridgehead atoms. The summed E-state index contributed by atoms with van der Waals surface area (Å²) in [6.45, 7) is 1.04. The summed E-state index contributed by atoms with van der Waals surface area (Å²) in [5.41, 5.74) is 3.94. The quantitative estimate of drug-likeness (QED) is 0.293. The van der Waals surface area contributed by atoms with Gasteiger partial charge in [-0.15, -0.1) is 0 Å². The number of rotatable bonds is 9. The first-order valence-corrected chi connectivity index (χ1v) is 14.2. The summed E-state index contributed by atoms with van der Waals surface area (Å²) in [7, 11) is -4.00. The molecule has 2 heterocycles. The number of nitrogens with one attached hydrogen (secondary N) is 2. The van der Waals surface area contributed by atoms with Gasteiger partial charge in [0.2, 0.25) is 0 Å². The lowest BCUT2D eigenvalue weighted by molar-refractivity contribution is 0.0981. The van der Waals surface area contributed by atoms with Gasteiger partial charge in [-0.2, -0.15) is 0 Å². The van der Waals surface area contributed by atoms with Gasteiger partial charge in [-0.1, -0.05) is 42.5 Å². The number of fused-ring (bicyclic) bond motifs is 1. The second-order valence-electron chi connectivity index (χ2n) is 9.39. The van der Waals surface area contributed by atoms with Crippen molar-refractivity contribution in [3.8, 4) is 16.9 Å². The summed E-state index contributed by atoms with van der Waals surface area (Å²) in [4.78, 5) is 16.4. The first kappa shape index (κ1) is 26.6. The van der Waals surface area contributed by atoms with E-state index in [9.17, 15) is 18.3 Å². The zero-order chi connectivity index (χ0) is 27.2. The fraction of sp³-hybridized carbons (Fsp3) is 0.200. The Labute approximate surface area is 227 Å². The molecule has 0 spiro atoms. The van der Waals surface area contributed by atoms with E-state index in [1.807, 2.05) is 18.2 Å². The Hall–Kier alpha value is -4.05. The Balaban J connectivity index is 1.18. The summed E-state index contributed by atoms with van der Waals surface area (Å²) < 4.78 is 33.7. The Morgan fingerprint density at radius 3 is 2.51 bits per heavy atom. The van der Waals surface area contributed by atoms with E-state index in [4.69, 9.17) is 4.74 Å². The van der Waals surface area contributed by atoms with Gasteiger partial charge in [0.25, 0.3) is 15.9 Å². The van der Waals surface area contributed by atoms with E-state index in [2.05, 4.69) is 21.1 Å². The van der Waals surface area contributed by atoms with Crippen molar-refractivity contribution in [2.45, 2.75) is 29.9 Å². The summed E-state index contributed by atoms with van der Waals surface area (Å²) in [6.07, 6.45) is 4.40. The Morgan fingerprint density at radius 1 is 1.00 bits per heavy atom. The Kier molecular flexibility index (Phi) is 8.02. The monoisotopic (exact) mass is 543 g/mol. The van der Waals surface area contributed by atoms with Gasteiger partial charge in [0, 0.05) is 36.6 Å². The summed E-state index contributed by atoms with van der Waals surface area (Å²) in [6, 6.07) is 24.3. The minimum Gasteiger partial charge on any atom is -0.489 e. The van der Waals surface area contributed by atoms with E-state index in [1.165, 1.54) is 12.1 Å². The fourth-order valence-electron chi connectivity index (χ4n) is 4.50. The second-order valence-corrected chi connectivity index (χ2v) is 11.1. The predicted octanol–water partition coefficient (Wildman–Crippen LogP) is 3.88. The molecule has 2 atom stereocenters. The smallest absolute Gasteiger partial charge is 0.264 e. The molecule has 0 aliphatic carbocycles. The van der Waals surface area contributed by atoms with Crippen molar-refractivity contribution in [2.24, 2.45) is 0 Å². The van der Waals surface area contributed by atoms with Gasteiger partial charge in [-0.05, 0) is 72.0 Å². The van der Waals surface area contributed by atoms with E-state index in [0.717, 1.165) is 40.8 Å². The number of carbonyl (C=O) groups is 1. The molecule has 0 saturated heterocycles. The van der Waals surface area contributed by atoms with Crippen LogP contribution in [-0.4, -0.2) is 43.6 Å². The third kappa shape index (κ3) is 6.51. The summed E-state index contributed by atoms with van der Waals surface area (Å²) >= 11 is 0. The standard InChI is InChI=1S/C30H29N3O5S/c34-28(25-7-4-16-31-18-25)20-32-19-26-12-8-24-17-23(11-15-29(24)38-26)21-9-13-27(14-10-21)39(36,37)33-30(35)22-5-2-1-3-6-22/h1-7,9-11,13-18,26,28,32,34H,8,12,19-20H2,(H,33,35)/t26?,28-/m1/s1. The normalized spacial score (nSPS) is 15.6. The highest BCUT2D eigenvalue weighted by atomic mass is 32.2. The van der Waals surface area contributed by atoms with Gasteiger partial charge >= 0.3 is 0 Å². The highest BCUT2D eigenvalue weighted by Crippen LogP contribution is 2.32. The van der Waals surface area contributed by atoms with Crippen LogP contribution in [0.3, 0.4) is 0 Å². The number of nitrogens with zero attached hydrogens (tertiary/aromatic N) is 1. The molecule has 5 rings (SSSR count). The van der Waals surface area contributed by atoms with E-state index in [1.54, 1.807) is 60.9 Å². The van der Waals surface area contributed by atoms with Gasteiger partial charge in [-0.25, -0.2) is 13.1 Å². The molecule has 1 unspecified atom stereocenters. The number of aliphatic hydroxyl groups excluding tert-OH is 1. The summed E-state index contributed by atoms with van der Waals surface area (Å²) in [5, 5.41) is 13.6. The number of pyridine rings is 1. The first-order valence-electron chi connectivity index (χ1n) is 12.7. The third-order valence-corrected chi connectivity index (χ3v) is 7.98. The van der Waals surface area contributed by atoms with Gasteiger partial charge < -0.3 is 15.2 Å². The number of aryl methyl sites for hydroxylation is 1. The SMILES string of the molecule is O=C(NS(=O)(=O)c1ccc(-c2ccc3c(c2)CCC(CNC[C@@H](O)c2cccnc2)O3)cc1)c1ccccc1. The van der Waals surface area contributed by atoms with Crippen LogP contribution < -0.4 is 14.8 Å². The minimum atomic E-state index is -4.00. The molecule has 1 aliphatic heterocycles. The average Bonchev–Trinajstić information content (AvgIpc) is 2.97. The van der Waals surface area contributed by atoms with Crippen molar-refractivity contribution in [2.75, 3.05) is 13.1 Å². The maximum absolute atomic E-state index is 12.7. The predicted molar refractivity (Wildman–Crippen MR) is 148 cm³/mol. The van der Waals surface area contributed by atoms with Crippen molar-refractivity contribution in [3.63, 3.8) is 0 Å². The third-order valence-electron chi connectivity index (χ3n) is 6.63. The van der Waals surface area contributed by atoms with E-state index in [0.29, 0.717) is 13.1 Å². The van der Waals surface area contributed by atoms with Crippen LogP contribution in [0.4, 0.5) is 0 Å². The highest BCUT2D eigenvalue weighted by Gasteiger charge is 2.22. The maximum atomic E-state index is 12.7. The molecule has 8 nitrogen and oxygen atoms in total. The summed E-state index contributed by atoms with van der Waals surface area (Å²) in [5.74, 6) is 0.153. The van der Waals surface area contributed by atoms with Crippen molar-refractivity contribution in [3.05, 3.63) is 114 Å². The van der Waals surface area contributed by atoms with Crippen LogP contribution in [0, 0.1) is 0 Å². The molecule has 0 fully saturated rings. The van der Waals surface area contributed by atoms with Crippen molar-refractivity contribution < 1.29 is 23.1 Å².